The van der Waals surface area contributed by atoms with Gasteiger partial charge in [-0.3, -0.25) is 0 Å². The van der Waals surface area contributed by atoms with Gasteiger partial charge in [-0.25, -0.2) is 4.90 Å². The summed E-state index contributed by atoms with van der Waals surface area (Å²) in [6.45, 7) is 16.3. The lowest BCUT2D eigenvalue weighted by atomic mass is 10.0. The van der Waals surface area contributed by atoms with Crippen LogP contribution in [0.3, 0.4) is 0 Å². The first-order chi connectivity index (χ1) is 14.6. The third-order valence-corrected chi connectivity index (χ3v) is 3.13. The molecule has 0 fully saturated rings. The fraction of sp³-hybridized carbons (Fsp3) is 0.103. The number of hydrogen-bond donors (Lipinski definition) is 0. The Morgan fingerprint density at radius 3 is 1.37 bits per heavy atom. The monoisotopic (exact) mass is 377 g/mol. The number of benzene rings is 1. The highest BCUT2D eigenvalue weighted by molar-refractivity contribution is 5.68. The maximum absolute atomic E-state index is 5.13. The third kappa shape index (κ3) is 8.95. The van der Waals surface area contributed by atoms with E-state index in [2.05, 4.69) is 107 Å². The zero-order valence-electron chi connectivity index (χ0n) is 16.9. The molecule has 0 atom stereocenters. The molecule has 0 N–H and O–H groups in total. The number of nitrogens with zero attached hydrogens (tertiary/aromatic N) is 1. The average Bonchev–Trinajstić information content (AvgIpc) is 2.70. The van der Waals surface area contributed by atoms with Crippen molar-refractivity contribution in [3.05, 3.63) is 54.1 Å². The smallest absolute Gasteiger partial charge is 0.222 e. The summed E-state index contributed by atoms with van der Waals surface area (Å²) in [4.78, 5) is 1.60. The summed E-state index contributed by atoms with van der Waals surface area (Å²) >= 11 is 0. The van der Waals surface area contributed by atoms with Crippen molar-refractivity contribution in [2.45, 2.75) is 20.8 Å². The van der Waals surface area contributed by atoms with E-state index in [1.54, 1.807) is 4.90 Å². The number of allylic oxidation sites excluding steroid dienone is 2. The SMILES string of the molecule is [CH+]=CC#CC#CC#CC#CN(C#CC#CC#CC#CC=[CH+])c1c(C)cc(C)cc1C. The molecule has 134 valence electrons. The largest absolute Gasteiger partial charge is 0.225 e. The van der Waals surface area contributed by atoms with E-state index in [1.807, 2.05) is 20.8 Å². The molecule has 0 saturated heterocycles. The van der Waals surface area contributed by atoms with Crippen LogP contribution in [0.1, 0.15) is 16.7 Å². The fourth-order valence-corrected chi connectivity index (χ4v) is 2.24. The second-order valence-corrected chi connectivity index (χ2v) is 5.43. The molecule has 1 heteroatoms. The molecule has 0 bridgehead atoms. The van der Waals surface area contributed by atoms with Gasteiger partial charge in [-0.1, -0.05) is 17.7 Å². The Labute approximate surface area is 180 Å². The summed E-state index contributed by atoms with van der Waals surface area (Å²) in [5, 5.41) is 0. The van der Waals surface area contributed by atoms with Crippen LogP contribution < -0.4 is 4.90 Å². The molecular weight excluding hydrogens is 362 g/mol. The molecule has 1 rings (SSSR count). The van der Waals surface area contributed by atoms with Crippen molar-refractivity contribution >= 4 is 5.69 Å². The minimum atomic E-state index is 0.884. The quantitative estimate of drug-likeness (QED) is 0.412. The normalized spacial score (nSPS) is 6.57. The molecular formula is C29H15N+2. The molecule has 1 aromatic carbocycles. The molecule has 1 nitrogen and oxygen atoms in total. The summed E-state index contributed by atoms with van der Waals surface area (Å²) in [5.41, 5.74) is 4.12. The molecule has 1 aromatic rings. The van der Waals surface area contributed by atoms with Crippen molar-refractivity contribution < 1.29 is 0 Å². The van der Waals surface area contributed by atoms with Crippen molar-refractivity contribution in [2.75, 3.05) is 4.90 Å². The summed E-state index contributed by atoms with van der Waals surface area (Å²) in [6.07, 6.45) is 2.43. The summed E-state index contributed by atoms with van der Waals surface area (Å²) in [5.74, 6) is 36.3. The van der Waals surface area contributed by atoms with E-state index < -0.39 is 0 Å². The fourth-order valence-electron chi connectivity index (χ4n) is 2.24. The Kier molecular flexibility index (Phi) is 10.6. The van der Waals surface area contributed by atoms with Gasteiger partial charge in [0.15, 0.2) is 11.8 Å². The number of hydrogen-bond acceptors (Lipinski definition) is 1. The zero-order chi connectivity index (χ0) is 22.0. The van der Waals surface area contributed by atoms with Gasteiger partial charge < -0.3 is 0 Å². The first-order valence-corrected chi connectivity index (χ1v) is 8.57. The van der Waals surface area contributed by atoms with Crippen molar-refractivity contribution in [1.29, 1.82) is 0 Å². The predicted molar refractivity (Wildman–Crippen MR) is 123 cm³/mol. The van der Waals surface area contributed by atoms with E-state index in [1.165, 1.54) is 12.2 Å². The third-order valence-electron chi connectivity index (χ3n) is 3.13. The molecule has 0 aliphatic rings. The molecule has 0 spiro atoms. The van der Waals surface area contributed by atoms with Crippen molar-refractivity contribution in [3.63, 3.8) is 0 Å². The van der Waals surface area contributed by atoms with Gasteiger partial charge in [0.2, 0.25) is 12.2 Å². The van der Waals surface area contributed by atoms with Gasteiger partial charge in [-0.15, -0.1) is 0 Å². The van der Waals surface area contributed by atoms with Crippen molar-refractivity contribution in [2.24, 2.45) is 0 Å². The van der Waals surface area contributed by atoms with Gasteiger partial charge in [0.1, 0.15) is 11.8 Å². The zero-order valence-corrected chi connectivity index (χ0v) is 16.9. The highest BCUT2D eigenvalue weighted by Gasteiger charge is 2.09. The Bertz CT molecular complexity index is 1240. The van der Waals surface area contributed by atoms with Gasteiger partial charge in [0.25, 0.3) is 0 Å². The summed E-state index contributed by atoms with van der Waals surface area (Å²) < 4.78 is 0. The molecule has 0 saturated carbocycles. The highest BCUT2D eigenvalue weighted by Crippen LogP contribution is 2.25. The summed E-state index contributed by atoms with van der Waals surface area (Å²) in [7, 11) is 0. The molecule has 0 amide bonds. The van der Waals surface area contributed by atoms with Crippen LogP contribution in [0.2, 0.25) is 0 Å². The van der Waals surface area contributed by atoms with Crippen LogP contribution in [0.25, 0.3) is 0 Å². The lowest BCUT2D eigenvalue weighted by Gasteiger charge is -2.16. The first kappa shape index (κ1) is 22.8. The van der Waals surface area contributed by atoms with Gasteiger partial charge in [-0.05, 0) is 31.9 Å². The minimum Gasteiger partial charge on any atom is -0.225 e. The second kappa shape index (κ2) is 13.9. The summed E-state index contributed by atoms with van der Waals surface area (Å²) in [6, 6.07) is 9.97. The van der Waals surface area contributed by atoms with Crippen LogP contribution in [-0.4, -0.2) is 0 Å². The van der Waals surface area contributed by atoms with Crippen LogP contribution in [0.15, 0.2) is 24.3 Å². The van der Waals surface area contributed by atoms with Gasteiger partial charge in [-0.2, -0.15) is 0 Å². The standard InChI is InChI=1S/C29H15N/c1-6-8-10-12-14-16-18-20-22-30(23-21-19-17-15-13-11-9-7-2)29-27(4)24-26(3)25-28(29)5/h1-2,6-7,24-25H,3-5H3/q+2. The van der Waals surface area contributed by atoms with Crippen LogP contribution in [-0.2, 0) is 0 Å². The van der Waals surface area contributed by atoms with E-state index >= 15 is 0 Å². The minimum absolute atomic E-state index is 0.884. The molecule has 0 aliphatic heterocycles. The molecule has 0 radical (unpaired) electrons. The number of rotatable bonds is 1. The van der Waals surface area contributed by atoms with Crippen LogP contribution in [0.5, 0.6) is 0 Å². The Morgan fingerprint density at radius 1 is 0.600 bits per heavy atom. The lowest BCUT2D eigenvalue weighted by molar-refractivity contribution is 1.25. The molecule has 0 aliphatic carbocycles. The highest BCUT2D eigenvalue weighted by atomic mass is 15.1. The Balaban J connectivity index is 3.24. The van der Waals surface area contributed by atoms with Gasteiger partial charge in [0.05, 0.1) is 18.8 Å². The van der Waals surface area contributed by atoms with Crippen molar-refractivity contribution in [1.82, 2.24) is 0 Å². The van der Waals surface area contributed by atoms with E-state index in [9.17, 15) is 0 Å². The molecule has 0 unspecified atom stereocenters. The average molecular weight is 377 g/mol. The molecule has 0 heterocycles. The Morgan fingerprint density at radius 2 is 0.967 bits per heavy atom. The molecule has 30 heavy (non-hydrogen) atoms. The van der Waals surface area contributed by atoms with E-state index in [-0.39, 0.29) is 0 Å². The first-order valence-electron chi connectivity index (χ1n) is 8.57. The maximum Gasteiger partial charge on any atom is 0.222 e. The van der Waals surface area contributed by atoms with Gasteiger partial charge in [0, 0.05) is 71.3 Å². The Hall–Kier alpha value is -5.20. The van der Waals surface area contributed by atoms with Gasteiger partial charge >= 0.3 is 0 Å². The second-order valence-electron chi connectivity index (χ2n) is 5.43. The van der Waals surface area contributed by atoms with E-state index in [4.69, 9.17) is 13.2 Å². The van der Waals surface area contributed by atoms with E-state index in [0.717, 1.165) is 22.4 Å². The number of anilines is 1. The van der Waals surface area contributed by atoms with Crippen LogP contribution in [0, 0.1) is 129 Å². The topological polar surface area (TPSA) is 3.24 Å². The lowest BCUT2D eigenvalue weighted by Crippen LogP contribution is -2.12. The van der Waals surface area contributed by atoms with Crippen LogP contribution >= 0.6 is 0 Å². The van der Waals surface area contributed by atoms with Crippen molar-refractivity contribution in [3.8, 4) is 95.0 Å². The predicted octanol–water partition coefficient (Wildman–Crippen LogP) is 3.34. The van der Waals surface area contributed by atoms with Crippen LogP contribution in [0.4, 0.5) is 5.69 Å². The number of aryl methyl sites for hydroxylation is 3. The molecule has 0 aromatic heterocycles. The van der Waals surface area contributed by atoms with E-state index in [0.29, 0.717) is 0 Å². The maximum atomic E-state index is 5.13.